The van der Waals surface area contributed by atoms with Crippen LogP contribution in [0.25, 0.3) is 0 Å². The molecule has 0 radical (unpaired) electrons. The van der Waals surface area contributed by atoms with Crippen LogP contribution in [-0.4, -0.2) is 43.5 Å². The number of nitrogens with one attached hydrogen (secondary N) is 1. The molecular formula is C17H24N2O4S. The van der Waals surface area contributed by atoms with E-state index in [1.54, 1.807) is 6.92 Å². The number of amides is 2. The highest BCUT2D eigenvalue weighted by atomic mass is 32.2. The molecular weight excluding hydrogens is 328 g/mol. The fraction of sp³-hybridized carbons (Fsp3) is 0.529. The van der Waals surface area contributed by atoms with E-state index in [0.29, 0.717) is 18.9 Å². The summed E-state index contributed by atoms with van der Waals surface area (Å²) in [4.78, 5) is 26.1. The van der Waals surface area contributed by atoms with E-state index in [9.17, 15) is 18.0 Å². The summed E-state index contributed by atoms with van der Waals surface area (Å²) in [6, 6.07) is 7.83. The fourth-order valence-corrected chi connectivity index (χ4v) is 3.32. The van der Waals surface area contributed by atoms with Gasteiger partial charge >= 0.3 is 0 Å². The third-order valence-electron chi connectivity index (χ3n) is 4.49. The van der Waals surface area contributed by atoms with Crippen molar-refractivity contribution in [3.05, 3.63) is 35.4 Å². The Kier molecular flexibility index (Phi) is 5.03. The first kappa shape index (κ1) is 18.4. The molecule has 0 saturated carbocycles. The third-order valence-corrected chi connectivity index (χ3v) is 5.04. The molecule has 2 amide bonds. The van der Waals surface area contributed by atoms with Gasteiger partial charge in [-0.3, -0.25) is 14.3 Å². The normalized spacial score (nSPS) is 20.6. The number of nitrogens with zero attached hydrogens (tertiary/aromatic N) is 1. The highest BCUT2D eigenvalue weighted by molar-refractivity contribution is 7.89. The molecule has 1 unspecified atom stereocenters. The lowest BCUT2D eigenvalue weighted by Crippen LogP contribution is -2.68. The summed E-state index contributed by atoms with van der Waals surface area (Å²) < 4.78 is 24.5. The zero-order valence-electron chi connectivity index (χ0n) is 14.5. The van der Waals surface area contributed by atoms with Gasteiger partial charge < -0.3 is 4.90 Å². The lowest BCUT2D eigenvalue weighted by atomic mass is 9.85. The Hall–Kier alpha value is -1.89. The molecule has 0 bridgehead atoms. The number of benzene rings is 1. The lowest BCUT2D eigenvalue weighted by Gasteiger charge is -2.48. The van der Waals surface area contributed by atoms with Gasteiger partial charge in [0.05, 0.1) is 12.7 Å². The third kappa shape index (κ3) is 3.95. The number of sulfonamides is 1. The summed E-state index contributed by atoms with van der Waals surface area (Å²) >= 11 is 0. The maximum Gasteiger partial charge on any atom is 0.259 e. The average Bonchev–Trinajstić information content (AvgIpc) is 2.43. The largest absolute Gasteiger partial charge is 0.328 e. The topological polar surface area (TPSA) is 83.6 Å². The van der Waals surface area contributed by atoms with Crippen LogP contribution in [0.4, 0.5) is 0 Å². The van der Waals surface area contributed by atoms with Crippen LogP contribution in [0.3, 0.4) is 0 Å². The van der Waals surface area contributed by atoms with E-state index in [1.807, 2.05) is 29.0 Å². The molecule has 1 aliphatic rings. The molecule has 1 aromatic rings. The molecule has 7 heteroatoms. The molecule has 132 valence electrons. The van der Waals surface area contributed by atoms with Crippen molar-refractivity contribution >= 4 is 21.8 Å². The molecule has 0 aromatic heterocycles. The Balaban J connectivity index is 2.05. The Morgan fingerprint density at radius 1 is 1.25 bits per heavy atom. The average molecular weight is 352 g/mol. The van der Waals surface area contributed by atoms with Crippen molar-refractivity contribution < 1.29 is 18.0 Å². The van der Waals surface area contributed by atoms with Crippen molar-refractivity contribution in [2.24, 2.45) is 0 Å². The first-order valence-electron chi connectivity index (χ1n) is 7.94. The Morgan fingerprint density at radius 3 is 2.25 bits per heavy atom. The van der Waals surface area contributed by atoms with Gasteiger partial charge in [0.1, 0.15) is 5.54 Å². The van der Waals surface area contributed by atoms with Crippen molar-refractivity contribution in [1.29, 1.82) is 0 Å². The molecule has 1 aromatic carbocycles. The van der Waals surface area contributed by atoms with Crippen LogP contribution < -0.4 is 4.72 Å². The first-order valence-corrected chi connectivity index (χ1v) is 9.83. The molecule has 24 heavy (non-hydrogen) atoms. The predicted molar refractivity (Wildman–Crippen MR) is 92.0 cm³/mol. The van der Waals surface area contributed by atoms with Gasteiger partial charge in [-0.25, -0.2) is 8.42 Å². The highest BCUT2D eigenvalue weighted by Gasteiger charge is 2.49. The number of carbonyl (C=O) groups is 2. The van der Waals surface area contributed by atoms with E-state index in [1.165, 1.54) is 10.5 Å². The molecule has 1 fully saturated rings. The van der Waals surface area contributed by atoms with Crippen LogP contribution >= 0.6 is 0 Å². The second kappa shape index (κ2) is 6.55. The minimum atomic E-state index is -3.64. The van der Waals surface area contributed by atoms with Gasteiger partial charge in [-0.2, -0.15) is 0 Å². The van der Waals surface area contributed by atoms with Gasteiger partial charge in [-0.1, -0.05) is 38.1 Å². The lowest BCUT2D eigenvalue weighted by molar-refractivity contribution is -0.156. The molecule has 0 aliphatic carbocycles. The van der Waals surface area contributed by atoms with E-state index >= 15 is 0 Å². The van der Waals surface area contributed by atoms with Gasteiger partial charge in [0, 0.05) is 6.54 Å². The van der Waals surface area contributed by atoms with Crippen molar-refractivity contribution in [1.82, 2.24) is 9.62 Å². The van der Waals surface area contributed by atoms with Gasteiger partial charge in [0.25, 0.3) is 5.91 Å². The van der Waals surface area contributed by atoms with Gasteiger partial charge in [-0.05, 0) is 30.4 Å². The Bertz CT molecular complexity index is 740. The van der Waals surface area contributed by atoms with Gasteiger partial charge in [0.2, 0.25) is 15.9 Å². The summed E-state index contributed by atoms with van der Waals surface area (Å²) in [7, 11) is -3.64. The maximum atomic E-state index is 12.5. The quantitative estimate of drug-likeness (QED) is 0.869. The summed E-state index contributed by atoms with van der Waals surface area (Å²) in [5.41, 5.74) is 0.979. The first-order chi connectivity index (χ1) is 11.0. The standard InChI is InChI=1S/C17H24N2O4S/c1-12(2)14-7-5-13(6-8-14)11-15(20)19-10-9-17(19,3)16(21)18-24(4,22)23/h5-8,12H,9-11H2,1-4H3,(H,18,21). The summed E-state index contributed by atoms with van der Waals surface area (Å²) in [5.74, 6) is -0.405. The van der Waals surface area contributed by atoms with Crippen molar-refractivity contribution in [2.75, 3.05) is 12.8 Å². The van der Waals surface area contributed by atoms with Crippen LogP contribution in [0, 0.1) is 0 Å². The molecule has 0 spiro atoms. The van der Waals surface area contributed by atoms with E-state index in [0.717, 1.165) is 11.8 Å². The molecule has 1 heterocycles. The smallest absolute Gasteiger partial charge is 0.259 e. The summed E-state index contributed by atoms with van der Waals surface area (Å²) in [5, 5.41) is 0. The van der Waals surface area contributed by atoms with E-state index < -0.39 is 21.5 Å². The van der Waals surface area contributed by atoms with E-state index in [2.05, 4.69) is 13.8 Å². The van der Waals surface area contributed by atoms with E-state index in [-0.39, 0.29) is 12.3 Å². The second-order valence-corrected chi connectivity index (χ2v) is 8.59. The molecule has 1 saturated heterocycles. The zero-order chi connectivity index (χ0) is 18.1. The maximum absolute atomic E-state index is 12.5. The van der Waals surface area contributed by atoms with Crippen LogP contribution in [0.1, 0.15) is 44.2 Å². The number of rotatable bonds is 5. The van der Waals surface area contributed by atoms with Crippen LogP contribution in [0.15, 0.2) is 24.3 Å². The predicted octanol–water partition coefficient (Wildman–Crippen LogP) is 1.42. The summed E-state index contributed by atoms with van der Waals surface area (Å²) in [6.45, 7) is 6.26. The summed E-state index contributed by atoms with van der Waals surface area (Å²) in [6.07, 6.45) is 1.57. The number of hydrogen-bond acceptors (Lipinski definition) is 4. The van der Waals surface area contributed by atoms with Gasteiger partial charge in [0.15, 0.2) is 0 Å². The molecule has 1 atom stereocenters. The monoisotopic (exact) mass is 352 g/mol. The van der Waals surface area contributed by atoms with Crippen LogP contribution in [0.2, 0.25) is 0 Å². The SMILES string of the molecule is CC(C)c1ccc(CC(=O)N2CCC2(C)C(=O)NS(C)(=O)=O)cc1. The zero-order valence-corrected chi connectivity index (χ0v) is 15.3. The van der Waals surface area contributed by atoms with Crippen LogP contribution in [-0.2, 0) is 26.0 Å². The minimum absolute atomic E-state index is 0.176. The minimum Gasteiger partial charge on any atom is -0.328 e. The Morgan fingerprint density at radius 2 is 1.83 bits per heavy atom. The molecule has 1 aliphatic heterocycles. The second-order valence-electron chi connectivity index (χ2n) is 6.85. The van der Waals surface area contributed by atoms with E-state index in [4.69, 9.17) is 0 Å². The van der Waals surface area contributed by atoms with Crippen molar-refractivity contribution in [2.45, 2.75) is 45.1 Å². The Labute approximate surface area is 143 Å². The van der Waals surface area contributed by atoms with Crippen LogP contribution in [0.5, 0.6) is 0 Å². The van der Waals surface area contributed by atoms with Crippen molar-refractivity contribution in [3.63, 3.8) is 0 Å². The number of hydrogen-bond donors (Lipinski definition) is 1. The number of carbonyl (C=O) groups excluding carboxylic acids is 2. The molecule has 1 N–H and O–H groups in total. The van der Waals surface area contributed by atoms with Gasteiger partial charge in [-0.15, -0.1) is 0 Å². The molecule has 6 nitrogen and oxygen atoms in total. The highest BCUT2D eigenvalue weighted by Crippen LogP contribution is 2.31. The molecule has 2 rings (SSSR count). The number of likely N-dealkylation sites (tertiary alicyclic amines) is 1. The fourth-order valence-electron chi connectivity index (χ4n) is 2.76. The van der Waals surface area contributed by atoms with Crippen molar-refractivity contribution in [3.8, 4) is 0 Å².